The van der Waals surface area contributed by atoms with Gasteiger partial charge in [0.1, 0.15) is 19.0 Å². The van der Waals surface area contributed by atoms with Crippen LogP contribution < -0.4 is 18.9 Å². The molecule has 3 aromatic carbocycles. The van der Waals surface area contributed by atoms with Crippen molar-refractivity contribution in [1.29, 1.82) is 0 Å². The largest absolute Gasteiger partial charge is 0.494 e. The first-order valence-electron chi connectivity index (χ1n) is 10.9. The molecule has 3 aromatic rings. The molecule has 9 heteroatoms. The highest BCUT2D eigenvalue weighted by Gasteiger charge is 2.20. The van der Waals surface area contributed by atoms with Crippen molar-refractivity contribution in [3.05, 3.63) is 77.9 Å². The van der Waals surface area contributed by atoms with Crippen LogP contribution in [0.15, 0.2) is 71.6 Å². The monoisotopic (exact) mass is 482 g/mol. The topological polar surface area (TPSA) is 94.2 Å². The number of carbonyl (C=O) groups excluding carboxylic acids is 1. The van der Waals surface area contributed by atoms with E-state index in [2.05, 4.69) is 4.72 Å². The van der Waals surface area contributed by atoms with Gasteiger partial charge in [-0.2, -0.15) is 0 Å². The zero-order valence-corrected chi connectivity index (χ0v) is 19.8. The summed E-state index contributed by atoms with van der Waals surface area (Å²) < 4.78 is 44.7. The van der Waals surface area contributed by atoms with Crippen molar-refractivity contribution in [3.8, 4) is 17.2 Å². The van der Waals surface area contributed by atoms with Crippen LogP contribution in [0.4, 0.5) is 5.69 Å². The molecule has 0 atom stereocenters. The van der Waals surface area contributed by atoms with Gasteiger partial charge in [0, 0.05) is 30.9 Å². The number of hydrogen-bond acceptors (Lipinski definition) is 6. The highest BCUT2D eigenvalue weighted by molar-refractivity contribution is 7.92. The summed E-state index contributed by atoms with van der Waals surface area (Å²) in [6.07, 6.45) is 0. The molecule has 0 radical (unpaired) electrons. The zero-order chi connectivity index (χ0) is 24.1. The standard InChI is InChI=1S/C25H26N2O6S/c1-3-31-21-9-7-18(8-10-21)17-27(2)25(28)19-5-4-6-20(15-19)26-34(29,30)22-11-12-23-24(16-22)33-14-13-32-23/h4-12,15-16,26H,3,13-14,17H2,1-2H3. The van der Waals surface area contributed by atoms with Gasteiger partial charge in [-0.15, -0.1) is 0 Å². The van der Waals surface area contributed by atoms with Crippen molar-refractivity contribution in [2.24, 2.45) is 0 Å². The van der Waals surface area contributed by atoms with Gasteiger partial charge in [-0.25, -0.2) is 8.42 Å². The molecule has 0 saturated carbocycles. The van der Waals surface area contributed by atoms with Crippen LogP contribution in [0.3, 0.4) is 0 Å². The molecule has 0 aliphatic carbocycles. The second-order valence-corrected chi connectivity index (χ2v) is 9.41. The van der Waals surface area contributed by atoms with Gasteiger partial charge >= 0.3 is 0 Å². The van der Waals surface area contributed by atoms with Crippen LogP contribution in [0.1, 0.15) is 22.8 Å². The second-order valence-electron chi connectivity index (χ2n) is 7.73. The fraction of sp³-hybridized carbons (Fsp3) is 0.240. The van der Waals surface area contributed by atoms with Gasteiger partial charge < -0.3 is 19.1 Å². The number of carbonyl (C=O) groups is 1. The summed E-state index contributed by atoms with van der Waals surface area (Å²) in [5, 5.41) is 0. The Morgan fingerprint density at radius 1 is 1.00 bits per heavy atom. The number of ether oxygens (including phenoxy) is 3. The van der Waals surface area contributed by atoms with Gasteiger partial charge in [0.2, 0.25) is 0 Å². The SMILES string of the molecule is CCOc1ccc(CN(C)C(=O)c2cccc(NS(=O)(=O)c3ccc4c(c3)OCCO4)c2)cc1. The molecule has 1 heterocycles. The fourth-order valence-electron chi connectivity index (χ4n) is 3.54. The molecule has 1 amide bonds. The van der Waals surface area contributed by atoms with E-state index in [0.29, 0.717) is 43.4 Å². The van der Waals surface area contributed by atoms with E-state index in [0.717, 1.165) is 11.3 Å². The van der Waals surface area contributed by atoms with E-state index in [-0.39, 0.29) is 16.5 Å². The third-order valence-corrected chi connectivity index (χ3v) is 6.57. The summed E-state index contributed by atoms with van der Waals surface area (Å²) in [6, 6.07) is 18.4. The Bertz CT molecular complexity index is 1270. The number of rotatable bonds is 8. The average molecular weight is 483 g/mol. The van der Waals surface area contributed by atoms with Crippen LogP contribution >= 0.6 is 0 Å². The third kappa shape index (κ3) is 5.43. The number of benzene rings is 3. The molecule has 0 fully saturated rings. The molecular formula is C25H26N2O6S. The molecule has 0 saturated heterocycles. The van der Waals surface area contributed by atoms with E-state index in [4.69, 9.17) is 14.2 Å². The van der Waals surface area contributed by atoms with Crippen molar-refractivity contribution in [1.82, 2.24) is 4.90 Å². The Morgan fingerprint density at radius 3 is 2.47 bits per heavy atom. The maximum Gasteiger partial charge on any atom is 0.262 e. The zero-order valence-electron chi connectivity index (χ0n) is 19.0. The minimum Gasteiger partial charge on any atom is -0.494 e. The first-order chi connectivity index (χ1) is 16.4. The van der Waals surface area contributed by atoms with E-state index in [9.17, 15) is 13.2 Å². The summed E-state index contributed by atoms with van der Waals surface area (Å²) in [5.74, 6) is 1.44. The molecule has 178 valence electrons. The Balaban J connectivity index is 1.46. The number of amides is 1. The van der Waals surface area contributed by atoms with Crippen LogP contribution in [0.25, 0.3) is 0 Å². The van der Waals surface area contributed by atoms with Gasteiger partial charge in [0.15, 0.2) is 11.5 Å². The number of nitrogens with zero attached hydrogens (tertiary/aromatic N) is 1. The van der Waals surface area contributed by atoms with Crippen LogP contribution in [-0.4, -0.2) is 46.1 Å². The van der Waals surface area contributed by atoms with Crippen molar-refractivity contribution in [2.75, 3.05) is 31.6 Å². The first kappa shape index (κ1) is 23.4. The highest BCUT2D eigenvalue weighted by atomic mass is 32.2. The first-order valence-corrected chi connectivity index (χ1v) is 12.3. The quantitative estimate of drug-likeness (QED) is 0.523. The predicted molar refractivity (Wildman–Crippen MR) is 128 cm³/mol. The summed E-state index contributed by atoms with van der Waals surface area (Å²) in [4.78, 5) is 14.6. The molecule has 34 heavy (non-hydrogen) atoms. The molecule has 0 unspecified atom stereocenters. The maximum absolute atomic E-state index is 13.0. The van der Waals surface area contributed by atoms with Gasteiger partial charge in [0.25, 0.3) is 15.9 Å². The van der Waals surface area contributed by atoms with E-state index in [1.54, 1.807) is 36.2 Å². The number of anilines is 1. The molecule has 0 bridgehead atoms. The molecule has 1 aliphatic heterocycles. The van der Waals surface area contributed by atoms with Crippen molar-refractivity contribution >= 4 is 21.6 Å². The fourth-order valence-corrected chi connectivity index (χ4v) is 4.61. The van der Waals surface area contributed by atoms with Crippen LogP contribution in [0, 0.1) is 0 Å². The van der Waals surface area contributed by atoms with Crippen molar-refractivity contribution < 1.29 is 27.4 Å². The molecule has 4 rings (SSSR count). The Morgan fingerprint density at radius 2 is 1.74 bits per heavy atom. The number of hydrogen-bond donors (Lipinski definition) is 1. The normalized spacial score (nSPS) is 12.6. The Hall–Kier alpha value is -3.72. The molecule has 0 aromatic heterocycles. The van der Waals surface area contributed by atoms with E-state index >= 15 is 0 Å². The van der Waals surface area contributed by atoms with E-state index in [1.165, 1.54) is 18.2 Å². The van der Waals surface area contributed by atoms with Crippen LogP contribution in [-0.2, 0) is 16.6 Å². The minimum atomic E-state index is -3.89. The average Bonchev–Trinajstić information content (AvgIpc) is 2.84. The van der Waals surface area contributed by atoms with Gasteiger partial charge in [-0.1, -0.05) is 18.2 Å². The Kier molecular flexibility index (Phi) is 6.93. The highest BCUT2D eigenvalue weighted by Crippen LogP contribution is 2.32. The lowest BCUT2D eigenvalue weighted by molar-refractivity contribution is 0.0785. The summed E-state index contributed by atoms with van der Waals surface area (Å²) in [6.45, 7) is 3.69. The van der Waals surface area contributed by atoms with E-state index in [1.807, 2.05) is 31.2 Å². The second kappa shape index (κ2) is 10.0. The lowest BCUT2D eigenvalue weighted by Gasteiger charge is -2.19. The lowest BCUT2D eigenvalue weighted by atomic mass is 10.1. The Labute approximate surface area is 199 Å². The van der Waals surface area contributed by atoms with Gasteiger partial charge in [-0.05, 0) is 55.0 Å². The molecule has 0 spiro atoms. The molecule has 1 aliphatic rings. The predicted octanol–water partition coefficient (Wildman–Crippen LogP) is 3.93. The molecular weight excluding hydrogens is 456 g/mol. The summed E-state index contributed by atoms with van der Waals surface area (Å²) in [5.41, 5.74) is 1.61. The van der Waals surface area contributed by atoms with Crippen molar-refractivity contribution in [3.63, 3.8) is 0 Å². The van der Waals surface area contributed by atoms with Crippen molar-refractivity contribution in [2.45, 2.75) is 18.4 Å². The number of fused-ring (bicyclic) bond motifs is 1. The third-order valence-electron chi connectivity index (χ3n) is 5.19. The van der Waals surface area contributed by atoms with Gasteiger partial charge in [0.05, 0.1) is 11.5 Å². The maximum atomic E-state index is 13.0. The van der Waals surface area contributed by atoms with Crippen LogP contribution in [0.2, 0.25) is 0 Å². The summed E-state index contributed by atoms with van der Waals surface area (Å²) >= 11 is 0. The lowest BCUT2D eigenvalue weighted by Crippen LogP contribution is -2.26. The molecule has 1 N–H and O–H groups in total. The smallest absolute Gasteiger partial charge is 0.262 e. The van der Waals surface area contributed by atoms with E-state index < -0.39 is 10.0 Å². The van der Waals surface area contributed by atoms with Gasteiger partial charge in [-0.3, -0.25) is 9.52 Å². The summed E-state index contributed by atoms with van der Waals surface area (Å²) in [7, 11) is -2.19. The minimum absolute atomic E-state index is 0.0427. The molecule has 8 nitrogen and oxygen atoms in total. The number of sulfonamides is 1. The van der Waals surface area contributed by atoms with Crippen LogP contribution in [0.5, 0.6) is 17.2 Å². The number of nitrogens with one attached hydrogen (secondary N) is 1.